The number of rotatable bonds is 4. The molecule has 0 bridgehead atoms. The fourth-order valence-corrected chi connectivity index (χ4v) is 1.93. The van der Waals surface area contributed by atoms with E-state index >= 15 is 0 Å². The van der Waals surface area contributed by atoms with Gasteiger partial charge in [0.1, 0.15) is 0 Å². The van der Waals surface area contributed by atoms with Crippen LogP contribution in [-0.2, 0) is 6.54 Å². The van der Waals surface area contributed by atoms with E-state index in [0.717, 1.165) is 5.56 Å². The average molecular weight is 339 g/mol. The molecule has 0 radical (unpaired) electrons. The van der Waals surface area contributed by atoms with Crippen LogP contribution in [0.25, 0.3) is 0 Å². The molecule has 1 heterocycles. The van der Waals surface area contributed by atoms with E-state index in [-0.39, 0.29) is 5.56 Å². The van der Waals surface area contributed by atoms with Gasteiger partial charge < -0.3 is 20.2 Å². The van der Waals surface area contributed by atoms with Crippen LogP contribution in [0, 0.1) is 0 Å². The molecule has 20 heavy (non-hydrogen) atoms. The quantitative estimate of drug-likeness (QED) is 0.798. The minimum atomic E-state index is -1.07. The topological polar surface area (TPSA) is 91.6 Å². The third-order valence-corrected chi connectivity index (χ3v) is 3.18. The molecule has 1 aromatic heterocycles. The molecule has 2 aromatic rings. The van der Waals surface area contributed by atoms with Crippen molar-refractivity contribution in [3.63, 3.8) is 0 Å². The van der Waals surface area contributed by atoms with E-state index in [1.165, 1.54) is 18.6 Å². The smallest absolute Gasteiger partial charge is 0.336 e. The van der Waals surface area contributed by atoms with Crippen LogP contribution in [0.5, 0.6) is 0 Å². The fourth-order valence-electron chi connectivity index (χ4n) is 1.52. The summed E-state index contributed by atoms with van der Waals surface area (Å²) in [6.45, 7) is 0.324. The van der Waals surface area contributed by atoms with Gasteiger partial charge in [0.2, 0.25) is 0 Å². The largest absolute Gasteiger partial charge is 0.478 e. The van der Waals surface area contributed by atoms with Gasteiger partial charge in [0.05, 0.1) is 18.1 Å². The molecule has 0 aliphatic rings. The number of urea groups is 1. The predicted octanol–water partition coefficient (Wildman–Crippen LogP) is 3.06. The van der Waals surface area contributed by atoms with E-state index < -0.39 is 12.0 Å². The summed E-state index contributed by atoms with van der Waals surface area (Å²) in [7, 11) is 0. The highest BCUT2D eigenvalue weighted by Crippen LogP contribution is 2.21. The standard InChI is InChI=1S/C13H11BrN2O4/c14-11-2-1-9(5-10(11)12(17)18)16-13(19)15-6-8-3-4-20-7-8/h1-5,7H,6H2,(H,17,18)(H2,15,16,19). The Bertz CT molecular complexity index is 625. The first-order valence-electron chi connectivity index (χ1n) is 5.65. The van der Waals surface area contributed by atoms with Crippen molar-refractivity contribution in [1.82, 2.24) is 5.32 Å². The van der Waals surface area contributed by atoms with E-state index in [1.807, 2.05) is 0 Å². The molecule has 0 aliphatic heterocycles. The molecule has 0 saturated carbocycles. The number of carboxylic acids is 1. The summed E-state index contributed by atoms with van der Waals surface area (Å²) in [5.41, 5.74) is 1.31. The summed E-state index contributed by atoms with van der Waals surface area (Å²) in [6.07, 6.45) is 3.05. The number of carboxylic acid groups (broad SMARTS) is 1. The van der Waals surface area contributed by atoms with Gasteiger partial charge in [-0.1, -0.05) is 0 Å². The number of hydrogen-bond acceptors (Lipinski definition) is 3. The number of aromatic carboxylic acids is 1. The number of anilines is 1. The van der Waals surface area contributed by atoms with E-state index in [1.54, 1.807) is 18.2 Å². The minimum Gasteiger partial charge on any atom is -0.478 e. The van der Waals surface area contributed by atoms with Crippen molar-refractivity contribution in [2.24, 2.45) is 0 Å². The lowest BCUT2D eigenvalue weighted by molar-refractivity contribution is 0.0696. The van der Waals surface area contributed by atoms with Crippen molar-refractivity contribution >= 4 is 33.6 Å². The van der Waals surface area contributed by atoms with E-state index in [9.17, 15) is 9.59 Å². The second kappa shape index (κ2) is 6.25. The number of carbonyl (C=O) groups is 2. The molecular weight excluding hydrogens is 328 g/mol. The Labute approximate surface area is 122 Å². The Kier molecular flexibility index (Phi) is 4.41. The van der Waals surface area contributed by atoms with Crippen LogP contribution in [0.15, 0.2) is 45.7 Å². The summed E-state index contributed by atoms with van der Waals surface area (Å²) in [6, 6.07) is 5.86. The molecule has 6 nitrogen and oxygen atoms in total. The van der Waals surface area contributed by atoms with Gasteiger partial charge in [-0.25, -0.2) is 9.59 Å². The number of carbonyl (C=O) groups excluding carboxylic acids is 1. The Hall–Kier alpha value is -2.28. The SMILES string of the molecule is O=C(NCc1ccoc1)Nc1ccc(Br)c(C(=O)O)c1. The van der Waals surface area contributed by atoms with Gasteiger partial charge in [0, 0.05) is 22.3 Å². The molecule has 3 N–H and O–H groups in total. The molecule has 2 rings (SSSR count). The first kappa shape index (κ1) is 14.1. The Morgan fingerprint density at radius 3 is 2.75 bits per heavy atom. The maximum Gasteiger partial charge on any atom is 0.336 e. The van der Waals surface area contributed by atoms with Crippen molar-refractivity contribution in [3.05, 3.63) is 52.4 Å². The summed E-state index contributed by atoms with van der Waals surface area (Å²) < 4.78 is 5.33. The lowest BCUT2D eigenvalue weighted by Gasteiger charge is -2.08. The molecule has 0 spiro atoms. The van der Waals surface area contributed by atoms with Crippen molar-refractivity contribution in [1.29, 1.82) is 0 Å². The maximum atomic E-state index is 11.7. The maximum absolute atomic E-state index is 11.7. The number of furan rings is 1. The van der Waals surface area contributed by atoms with E-state index in [2.05, 4.69) is 26.6 Å². The molecule has 0 fully saturated rings. The summed E-state index contributed by atoms with van der Waals surface area (Å²) >= 11 is 3.13. The summed E-state index contributed by atoms with van der Waals surface area (Å²) in [5.74, 6) is -1.07. The second-order valence-electron chi connectivity index (χ2n) is 3.94. The first-order valence-corrected chi connectivity index (χ1v) is 6.44. The third kappa shape index (κ3) is 3.61. The molecule has 0 unspecified atom stereocenters. The van der Waals surface area contributed by atoms with Crippen LogP contribution in [-0.4, -0.2) is 17.1 Å². The van der Waals surface area contributed by atoms with Gasteiger partial charge in [0.15, 0.2) is 0 Å². The molecular formula is C13H11BrN2O4. The molecule has 0 aliphatic carbocycles. The Morgan fingerprint density at radius 1 is 1.30 bits per heavy atom. The van der Waals surface area contributed by atoms with Gasteiger partial charge in [-0.3, -0.25) is 0 Å². The van der Waals surface area contributed by atoms with Crippen molar-refractivity contribution in [3.8, 4) is 0 Å². The molecule has 104 valence electrons. The lowest BCUT2D eigenvalue weighted by Crippen LogP contribution is -2.28. The minimum absolute atomic E-state index is 0.0811. The number of benzene rings is 1. The molecule has 7 heteroatoms. The van der Waals surface area contributed by atoms with Crippen LogP contribution in [0.3, 0.4) is 0 Å². The Morgan fingerprint density at radius 2 is 2.10 bits per heavy atom. The zero-order valence-electron chi connectivity index (χ0n) is 10.2. The zero-order valence-corrected chi connectivity index (χ0v) is 11.8. The lowest BCUT2D eigenvalue weighted by atomic mass is 10.2. The molecule has 2 amide bonds. The Balaban J connectivity index is 1.97. The van der Waals surface area contributed by atoms with Crippen LogP contribution in [0.4, 0.5) is 10.5 Å². The third-order valence-electron chi connectivity index (χ3n) is 2.49. The van der Waals surface area contributed by atoms with Crippen LogP contribution >= 0.6 is 15.9 Å². The van der Waals surface area contributed by atoms with Gasteiger partial charge in [-0.2, -0.15) is 0 Å². The average Bonchev–Trinajstić information content (AvgIpc) is 2.91. The van der Waals surface area contributed by atoms with Crippen molar-refractivity contribution in [2.45, 2.75) is 6.54 Å². The molecule has 1 aromatic carbocycles. The van der Waals surface area contributed by atoms with Crippen LogP contribution in [0.1, 0.15) is 15.9 Å². The highest BCUT2D eigenvalue weighted by Gasteiger charge is 2.10. The molecule has 0 saturated heterocycles. The van der Waals surface area contributed by atoms with Gasteiger partial charge in [-0.05, 0) is 40.2 Å². The van der Waals surface area contributed by atoms with Crippen LogP contribution < -0.4 is 10.6 Å². The van der Waals surface area contributed by atoms with Crippen molar-refractivity contribution < 1.29 is 19.1 Å². The monoisotopic (exact) mass is 338 g/mol. The summed E-state index contributed by atoms with van der Waals surface area (Å²) in [4.78, 5) is 22.6. The number of halogens is 1. The van der Waals surface area contributed by atoms with Gasteiger partial charge in [-0.15, -0.1) is 0 Å². The predicted molar refractivity (Wildman–Crippen MR) is 75.7 cm³/mol. The zero-order chi connectivity index (χ0) is 14.5. The summed E-state index contributed by atoms with van der Waals surface area (Å²) in [5, 5.41) is 14.2. The highest BCUT2D eigenvalue weighted by molar-refractivity contribution is 9.10. The second-order valence-corrected chi connectivity index (χ2v) is 4.79. The highest BCUT2D eigenvalue weighted by atomic mass is 79.9. The number of nitrogens with one attached hydrogen (secondary N) is 2. The van der Waals surface area contributed by atoms with Gasteiger partial charge in [0.25, 0.3) is 0 Å². The fraction of sp³-hybridized carbons (Fsp3) is 0.0769. The normalized spacial score (nSPS) is 10.1. The van der Waals surface area contributed by atoms with Crippen LogP contribution in [0.2, 0.25) is 0 Å². The van der Waals surface area contributed by atoms with E-state index in [0.29, 0.717) is 16.7 Å². The van der Waals surface area contributed by atoms with Crippen molar-refractivity contribution in [2.75, 3.05) is 5.32 Å². The van der Waals surface area contributed by atoms with Gasteiger partial charge >= 0.3 is 12.0 Å². The number of hydrogen-bond donors (Lipinski definition) is 3. The first-order chi connectivity index (χ1) is 9.56. The van der Waals surface area contributed by atoms with E-state index in [4.69, 9.17) is 9.52 Å². The number of amides is 2. The molecule has 0 atom stereocenters.